The van der Waals surface area contributed by atoms with E-state index in [1.807, 2.05) is 0 Å². The van der Waals surface area contributed by atoms with E-state index in [1.54, 1.807) is 0 Å². The highest BCUT2D eigenvalue weighted by molar-refractivity contribution is 4.79. The van der Waals surface area contributed by atoms with E-state index in [1.165, 1.54) is 45.2 Å². The van der Waals surface area contributed by atoms with Crippen molar-refractivity contribution in [1.82, 2.24) is 4.90 Å². The molecule has 0 aromatic carbocycles. The molecule has 1 heterocycles. The van der Waals surface area contributed by atoms with Gasteiger partial charge < -0.3 is 10.0 Å². The predicted octanol–water partition coefficient (Wildman–Crippen LogP) is 2.66. The Labute approximate surface area is 94.7 Å². The van der Waals surface area contributed by atoms with E-state index in [2.05, 4.69) is 18.7 Å². The third-order valence-electron chi connectivity index (χ3n) is 3.54. The largest absolute Gasteiger partial charge is 0.396 e. The van der Waals surface area contributed by atoms with Gasteiger partial charge in [0, 0.05) is 12.6 Å². The average molecular weight is 213 g/mol. The number of piperidine rings is 1. The van der Waals surface area contributed by atoms with Crippen LogP contribution in [0, 0.1) is 5.92 Å². The van der Waals surface area contributed by atoms with E-state index in [0.29, 0.717) is 6.61 Å². The van der Waals surface area contributed by atoms with Crippen LogP contribution in [0.1, 0.15) is 52.4 Å². The van der Waals surface area contributed by atoms with Gasteiger partial charge in [0.1, 0.15) is 0 Å². The van der Waals surface area contributed by atoms with Gasteiger partial charge in [0.25, 0.3) is 0 Å². The molecule has 1 rings (SSSR count). The topological polar surface area (TPSA) is 23.5 Å². The number of likely N-dealkylation sites (tertiary alicyclic amines) is 1. The van der Waals surface area contributed by atoms with E-state index >= 15 is 0 Å². The highest BCUT2D eigenvalue weighted by Gasteiger charge is 2.23. The predicted molar refractivity (Wildman–Crippen MR) is 65.0 cm³/mol. The van der Waals surface area contributed by atoms with Gasteiger partial charge in [-0.05, 0) is 51.1 Å². The normalized spacial score (nSPS) is 23.6. The van der Waals surface area contributed by atoms with Crippen molar-refractivity contribution >= 4 is 0 Å². The van der Waals surface area contributed by atoms with Gasteiger partial charge in [-0.1, -0.05) is 20.3 Å². The Morgan fingerprint density at radius 1 is 1.20 bits per heavy atom. The lowest BCUT2D eigenvalue weighted by Crippen LogP contribution is -2.43. The van der Waals surface area contributed by atoms with Crippen LogP contribution in [0.25, 0.3) is 0 Å². The molecule has 90 valence electrons. The van der Waals surface area contributed by atoms with Gasteiger partial charge in [-0.15, -0.1) is 0 Å². The van der Waals surface area contributed by atoms with Crippen molar-refractivity contribution in [3.05, 3.63) is 0 Å². The van der Waals surface area contributed by atoms with E-state index in [-0.39, 0.29) is 0 Å². The molecule has 15 heavy (non-hydrogen) atoms. The molecule has 1 fully saturated rings. The molecule has 2 nitrogen and oxygen atoms in total. The molecular formula is C13H27NO. The van der Waals surface area contributed by atoms with Crippen LogP contribution in [-0.2, 0) is 0 Å². The first kappa shape index (κ1) is 13.0. The lowest BCUT2D eigenvalue weighted by molar-refractivity contribution is 0.109. The fourth-order valence-corrected chi connectivity index (χ4v) is 2.65. The molecule has 0 bridgehead atoms. The van der Waals surface area contributed by atoms with Crippen LogP contribution >= 0.6 is 0 Å². The molecule has 1 aliphatic rings. The minimum absolute atomic E-state index is 0.355. The molecule has 1 atom stereocenters. The fraction of sp³-hybridized carbons (Fsp3) is 1.00. The molecule has 0 aromatic rings. The van der Waals surface area contributed by atoms with Crippen LogP contribution in [-0.4, -0.2) is 35.7 Å². The molecule has 0 aliphatic carbocycles. The van der Waals surface area contributed by atoms with Crippen molar-refractivity contribution in [3.63, 3.8) is 0 Å². The van der Waals surface area contributed by atoms with E-state index in [9.17, 15) is 0 Å². The maximum atomic E-state index is 8.73. The summed E-state index contributed by atoms with van der Waals surface area (Å²) in [5.41, 5.74) is 0. The van der Waals surface area contributed by atoms with Gasteiger partial charge in [0.15, 0.2) is 0 Å². The first-order valence-corrected chi connectivity index (χ1v) is 6.60. The lowest BCUT2D eigenvalue weighted by atomic mass is 9.92. The Hall–Kier alpha value is -0.0800. The van der Waals surface area contributed by atoms with Gasteiger partial charge in [0.2, 0.25) is 0 Å². The quantitative estimate of drug-likeness (QED) is 0.686. The summed E-state index contributed by atoms with van der Waals surface area (Å²) in [5, 5.41) is 8.73. The third kappa shape index (κ3) is 4.52. The van der Waals surface area contributed by atoms with Gasteiger partial charge in [-0.3, -0.25) is 0 Å². The highest BCUT2D eigenvalue weighted by atomic mass is 16.2. The fourth-order valence-electron chi connectivity index (χ4n) is 2.65. The monoisotopic (exact) mass is 213 g/mol. The second-order valence-corrected chi connectivity index (χ2v) is 5.13. The zero-order valence-corrected chi connectivity index (χ0v) is 10.4. The second-order valence-electron chi connectivity index (χ2n) is 5.13. The molecule has 1 saturated heterocycles. The minimum atomic E-state index is 0.355. The van der Waals surface area contributed by atoms with Crippen molar-refractivity contribution in [2.45, 2.75) is 58.4 Å². The van der Waals surface area contributed by atoms with Gasteiger partial charge in [-0.2, -0.15) is 0 Å². The number of aliphatic hydroxyl groups excluding tert-OH is 1. The number of aliphatic hydroxyl groups is 1. The lowest BCUT2D eigenvalue weighted by Gasteiger charge is -2.38. The zero-order chi connectivity index (χ0) is 11.1. The number of nitrogens with zero attached hydrogens (tertiary/aromatic N) is 1. The molecule has 0 unspecified atom stereocenters. The molecule has 0 saturated carbocycles. The standard InChI is InChI=1S/C13H27NO/c1-12(2)13-8-4-6-10-14(13)9-5-3-7-11-15/h12-13,15H,3-11H2,1-2H3/t13-/m1/s1. The Morgan fingerprint density at radius 2 is 2.00 bits per heavy atom. The van der Waals surface area contributed by atoms with Crippen LogP contribution < -0.4 is 0 Å². The van der Waals surface area contributed by atoms with Gasteiger partial charge in [0.05, 0.1) is 0 Å². The molecule has 0 spiro atoms. The smallest absolute Gasteiger partial charge is 0.0431 e. The Morgan fingerprint density at radius 3 is 2.67 bits per heavy atom. The highest BCUT2D eigenvalue weighted by Crippen LogP contribution is 2.23. The third-order valence-corrected chi connectivity index (χ3v) is 3.54. The van der Waals surface area contributed by atoms with E-state index in [0.717, 1.165) is 18.4 Å². The molecule has 2 heteroatoms. The number of unbranched alkanes of at least 4 members (excludes halogenated alkanes) is 2. The molecule has 0 amide bonds. The van der Waals surface area contributed by atoms with Crippen molar-refractivity contribution < 1.29 is 5.11 Å². The van der Waals surface area contributed by atoms with Crippen molar-refractivity contribution in [3.8, 4) is 0 Å². The molecular weight excluding hydrogens is 186 g/mol. The number of rotatable bonds is 6. The summed E-state index contributed by atoms with van der Waals surface area (Å²) in [6, 6.07) is 0.813. The summed E-state index contributed by atoms with van der Waals surface area (Å²) < 4.78 is 0. The maximum absolute atomic E-state index is 8.73. The summed E-state index contributed by atoms with van der Waals surface area (Å²) in [4.78, 5) is 2.67. The summed E-state index contributed by atoms with van der Waals surface area (Å²) in [6.07, 6.45) is 7.58. The van der Waals surface area contributed by atoms with Crippen LogP contribution in [0.2, 0.25) is 0 Å². The Kier molecular flexibility index (Phi) is 6.26. The maximum Gasteiger partial charge on any atom is 0.0431 e. The summed E-state index contributed by atoms with van der Waals surface area (Å²) in [6.45, 7) is 7.58. The number of hydrogen-bond donors (Lipinski definition) is 1. The Bertz CT molecular complexity index is 159. The Balaban J connectivity index is 2.23. The first-order chi connectivity index (χ1) is 7.25. The van der Waals surface area contributed by atoms with Crippen LogP contribution in [0.4, 0.5) is 0 Å². The van der Waals surface area contributed by atoms with Crippen molar-refractivity contribution in [2.75, 3.05) is 19.7 Å². The zero-order valence-electron chi connectivity index (χ0n) is 10.4. The summed E-state index contributed by atoms with van der Waals surface area (Å²) in [5.74, 6) is 0.795. The van der Waals surface area contributed by atoms with E-state index < -0.39 is 0 Å². The number of hydrogen-bond acceptors (Lipinski definition) is 2. The van der Waals surface area contributed by atoms with Crippen LogP contribution in [0.5, 0.6) is 0 Å². The second kappa shape index (κ2) is 7.24. The SMILES string of the molecule is CC(C)[C@H]1CCCCN1CCCCCO. The minimum Gasteiger partial charge on any atom is -0.396 e. The van der Waals surface area contributed by atoms with Crippen LogP contribution in [0.3, 0.4) is 0 Å². The summed E-state index contributed by atoms with van der Waals surface area (Å²) in [7, 11) is 0. The van der Waals surface area contributed by atoms with Crippen molar-refractivity contribution in [2.24, 2.45) is 5.92 Å². The van der Waals surface area contributed by atoms with Crippen LogP contribution in [0.15, 0.2) is 0 Å². The average Bonchev–Trinajstić information content (AvgIpc) is 2.25. The van der Waals surface area contributed by atoms with E-state index in [4.69, 9.17) is 5.11 Å². The summed E-state index contributed by atoms with van der Waals surface area (Å²) >= 11 is 0. The molecule has 0 radical (unpaired) electrons. The molecule has 0 aromatic heterocycles. The molecule has 1 N–H and O–H groups in total. The van der Waals surface area contributed by atoms with Gasteiger partial charge >= 0.3 is 0 Å². The molecule has 1 aliphatic heterocycles. The first-order valence-electron chi connectivity index (χ1n) is 6.60. The van der Waals surface area contributed by atoms with Gasteiger partial charge in [-0.25, -0.2) is 0 Å². The van der Waals surface area contributed by atoms with Crippen molar-refractivity contribution in [1.29, 1.82) is 0 Å².